The lowest BCUT2D eigenvalue weighted by Gasteiger charge is -2.61. The van der Waals surface area contributed by atoms with Crippen molar-refractivity contribution in [1.82, 2.24) is 0 Å². The number of hydrogen-bond acceptors (Lipinski definition) is 2. The number of rotatable bonds is 2. The largest absolute Gasteiger partial charge is 0.477 e. The quantitative estimate of drug-likeness (QED) is 0.559. The fourth-order valence-electron chi connectivity index (χ4n) is 7.85. The van der Waals surface area contributed by atoms with Gasteiger partial charge in [0.25, 0.3) is 0 Å². The van der Waals surface area contributed by atoms with Crippen LogP contribution in [0.5, 0.6) is 0 Å². The highest BCUT2D eigenvalue weighted by Crippen LogP contribution is 2.67. The Kier molecular flexibility index (Phi) is 4.23. The summed E-state index contributed by atoms with van der Waals surface area (Å²) in [6.45, 7) is 8.47. The van der Waals surface area contributed by atoms with E-state index in [-0.39, 0.29) is 22.7 Å². The first kappa shape index (κ1) is 18.0. The number of hydrogen-bond donors (Lipinski definition) is 1. The second-order valence-corrected chi connectivity index (χ2v) is 9.99. The fourth-order valence-corrected chi connectivity index (χ4v) is 7.85. The molecular weight excluding hydrogens is 324 g/mol. The van der Waals surface area contributed by atoms with Crippen molar-refractivity contribution < 1.29 is 14.7 Å². The number of aliphatic carboxylic acids is 1. The van der Waals surface area contributed by atoms with Gasteiger partial charge in [0.1, 0.15) is 5.78 Å². The lowest BCUT2D eigenvalue weighted by atomic mass is 9.43. The van der Waals surface area contributed by atoms with Crippen molar-refractivity contribution in [3.8, 4) is 0 Å². The molecule has 3 nitrogen and oxygen atoms in total. The van der Waals surface area contributed by atoms with Gasteiger partial charge in [0.15, 0.2) is 0 Å². The highest BCUT2D eigenvalue weighted by atomic mass is 16.4. The number of fused-ring (bicyclic) bond motifs is 5. The number of carbonyl (C=O) groups is 2. The number of carboxylic acid groups (broad SMARTS) is 1. The van der Waals surface area contributed by atoms with Gasteiger partial charge in [-0.3, -0.25) is 4.79 Å². The van der Waals surface area contributed by atoms with E-state index in [0.717, 1.165) is 24.7 Å². The molecule has 0 amide bonds. The Labute approximate surface area is 156 Å². The van der Waals surface area contributed by atoms with E-state index in [1.807, 2.05) is 0 Å². The lowest BCUT2D eigenvalue weighted by molar-refractivity contribution is -0.150. The van der Waals surface area contributed by atoms with Crippen molar-refractivity contribution >= 4 is 11.8 Å². The van der Waals surface area contributed by atoms with Gasteiger partial charge in [0, 0.05) is 6.42 Å². The minimum absolute atomic E-state index is 0.0863. The molecular formula is C23H32O3. The maximum absolute atomic E-state index is 12.7. The minimum Gasteiger partial charge on any atom is -0.477 e. The molecule has 4 rings (SSSR count). The normalized spacial score (nSPS) is 47.3. The summed E-state index contributed by atoms with van der Waals surface area (Å²) < 4.78 is 0. The van der Waals surface area contributed by atoms with E-state index >= 15 is 0 Å². The number of Topliss-reactive ketones (excluding diaryl/α,β-unsaturated/α-hetero) is 1. The van der Waals surface area contributed by atoms with E-state index < -0.39 is 11.9 Å². The summed E-state index contributed by atoms with van der Waals surface area (Å²) in [7, 11) is 0. The van der Waals surface area contributed by atoms with E-state index in [9.17, 15) is 14.7 Å². The van der Waals surface area contributed by atoms with Gasteiger partial charge in [-0.05, 0) is 79.4 Å². The van der Waals surface area contributed by atoms with Crippen LogP contribution in [-0.2, 0) is 9.59 Å². The van der Waals surface area contributed by atoms with Crippen molar-refractivity contribution in [3.63, 3.8) is 0 Å². The number of ketones is 1. The Hall–Kier alpha value is -1.34. The molecule has 26 heavy (non-hydrogen) atoms. The van der Waals surface area contributed by atoms with E-state index in [1.54, 1.807) is 0 Å². The van der Waals surface area contributed by atoms with Gasteiger partial charge < -0.3 is 5.11 Å². The molecule has 0 radical (unpaired) electrons. The molecule has 7 atom stereocenters. The molecule has 4 aliphatic carbocycles. The molecule has 0 heterocycles. The summed E-state index contributed by atoms with van der Waals surface area (Å²) in [6.07, 6.45) is 10.3. The molecule has 0 aliphatic heterocycles. The SMILES string of the molecule is C=C=C(C(=O)O)C1C(=O)CC[C@@]2(C)C1CC[C@H]1[C@@H]3CCC[C@@]3(C)CC[C@@H]12. The molecule has 4 aliphatic rings. The van der Waals surface area contributed by atoms with Gasteiger partial charge in [-0.15, -0.1) is 5.73 Å². The van der Waals surface area contributed by atoms with Crippen molar-refractivity contribution in [2.75, 3.05) is 0 Å². The summed E-state index contributed by atoms with van der Waals surface area (Å²) in [5.74, 6) is 0.986. The van der Waals surface area contributed by atoms with Crippen LogP contribution in [0.4, 0.5) is 0 Å². The average molecular weight is 357 g/mol. The van der Waals surface area contributed by atoms with Crippen LogP contribution in [0.1, 0.15) is 71.6 Å². The molecule has 2 unspecified atom stereocenters. The van der Waals surface area contributed by atoms with Crippen molar-refractivity contribution in [2.45, 2.75) is 71.6 Å². The first-order chi connectivity index (χ1) is 12.3. The number of carbonyl (C=O) groups excluding carboxylic acids is 1. The van der Waals surface area contributed by atoms with Gasteiger partial charge in [-0.25, -0.2) is 4.79 Å². The topological polar surface area (TPSA) is 54.4 Å². The van der Waals surface area contributed by atoms with Crippen LogP contribution >= 0.6 is 0 Å². The van der Waals surface area contributed by atoms with E-state index in [1.165, 1.54) is 38.5 Å². The van der Waals surface area contributed by atoms with E-state index in [2.05, 4.69) is 26.2 Å². The fraction of sp³-hybridized carbons (Fsp3) is 0.783. The Morgan fingerprint density at radius 2 is 1.85 bits per heavy atom. The van der Waals surface area contributed by atoms with Gasteiger partial charge in [0.05, 0.1) is 11.5 Å². The molecule has 3 heteroatoms. The molecule has 0 saturated heterocycles. The average Bonchev–Trinajstić information content (AvgIpc) is 2.99. The van der Waals surface area contributed by atoms with Crippen LogP contribution in [0, 0.1) is 40.4 Å². The second kappa shape index (κ2) is 6.09. The third-order valence-corrected chi connectivity index (χ3v) is 9.11. The molecule has 0 aromatic carbocycles. The smallest absolute Gasteiger partial charge is 0.340 e. The van der Waals surface area contributed by atoms with Crippen molar-refractivity contribution in [3.05, 3.63) is 17.9 Å². The van der Waals surface area contributed by atoms with Crippen LogP contribution < -0.4 is 0 Å². The highest BCUT2D eigenvalue weighted by molar-refractivity contribution is 5.97. The zero-order valence-electron chi connectivity index (χ0n) is 16.2. The van der Waals surface area contributed by atoms with Crippen LogP contribution in [0.15, 0.2) is 17.9 Å². The second-order valence-electron chi connectivity index (χ2n) is 9.99. The Balaban J connectivity index is 1.69. The zero-order chi connectivity index (χ0) is 18.7. The molecule has 4 fully saturated rings. The predicted molar refractivity (Wildman–Crippen MR) is 101 cm³/mol. The third kappa shape index (κ3) is 2.39. The number of carboxylic acids is 1. The molecule has 1 N–H and O–H groups in total. The first-order valence-corrected chi connectivity index (χ1v) is 10.5. The summed E-state index contributed by atoms with van der Waals surface area (Å²) in [6, 6.07) is 0. The lowest BCUT2D eigenvalue weighted by Crippen LogP contribution is -2.56. The molecule has 0 spiro atoms. The van der Waals surface area contributed by atoms with Gasteiger partial charge in [-0.2, -0.15) is 0 Å². The van der Waals surface area contributed by atoms with Crippen LogP contribution in [0.3, 0.4) is 0 Å². The molecule has 0 aromatic heterocycles. The predicted octanol–water partition coefficient (Wildman–Crippen LogP) is 5.01. The Bertz CT molecular complexity index is 688. The van der Waals surface area contributed by atoms with Crippen molar-refractivity contribution in [1.29, 1.82) is 0 Å². The van der Waals surface area contributed by atoms with Crippen LogP contribution in [0.25, 0.3) is 0 Å². The summed E-state index contributed by atoms with van der Waals surface area (Å²) in [5.41, 5.74) is 3.35. The highest BCUT2D eigenvalue weighted by Gasteiger charge is 2.60. The summed E-state index contributed by atoms with van der Waals surface area (Å²) >= 11 is 0. The van der Waals surface area contributed by atoms with Gasteiger partial charge >= 0.3 is 5.97 Å². The van der Waals surface area contributed by atoms with Crippen LogP contribution in [-0.4, -0.2) is 16.9 Å². The monoisotopic (exact) mass is 356 g/mol. The standard InChI is InChI=1S/C23H32O3/c1-4-14(21(25)26)20-18-8-7-15-16-6-5-11-22(16,2)12-9-17(15)23(18,3)13-10-19(20)24/h15-18,20H,1,5-13H2,2-3H3,(H,25,26)/t15-,16-,17-,18?,20?,22-,23+/m0/s1. The summed E-state index contributed by atoms with van der Waals surface area (Å²) in [5, 5.41) is 9.62. The maximum Gasteiger partial charge on any atom is 0.340 e. The van der Waals surface area contributed by atoms with E-state index in [4.69, 9.17) is 0 Å². The van der Waals surface area contributed by atoms with Crippen LogP contribution in [0.2, 0.25) is 0 Å². The third-order valence-electron chi connectivity index (χ3n) is 9.11. The Morgan fingerprint density at radius 3 is 2.54 bits per heavy atom. The molecule has 0 bridgehead atoms. The molecule has 0 aromatic rings. The molecule has 4 saturated carbocycles. The Morgan fingerprint density at radius 1 is 1.08 bits per heavy atom. The summed E-state index contributed by atoms with van der Waals surface area (Å²) in [4.78, 5) is 24.5. The van der Waals surface area contributed by atoms with Gasteiger partial charge in [-0.1, -0.05) is 26.8 Å². The van der Waals surface area contributed by atoms with Crippen molar-refractivity contribution in [2.24, 2.45) is 40.4 Å². The maximum atomic E-state index is 12.7. The molecule has 142 valence electrons. The first-order valence-electron chi connectivity index (χ1n) is 10.5. The van der Waals surface area contributed by atoms with E-state index in [0.29, 0.717) is 17.8 Å². The zero-order valence-corrected chi connectivity index (χ0v) is 16.2. The minimum atomic E-state index is -1.02. The van der Waals surface area contributed by atoms with Gasteiger partial charge in [0.2, 0.25) is 0 Å².